The smallest absolute Gasteiger partial charge is 0.262 e. The van der Waals surface area contributed by atoms with Crippen molar-refractivity contribution in [3.05, 3.63) is 93.8 Å². The normalized spacial score (nSPS) is 23.6. The van der Waals surface area contributed by atoms with Gasteiger partial charge in [0, 0.05) is 106 Å². The van der Waals surface area contributed by atoms with Gasteiger partial charge in [-0.15, -0.1) is 0 Å². The molecule has 6 heterocycles. The molecule has 3 aromatic carbocycles. The number of nitrogens with one attached hydrogen (secondary N) is 1. The van der Waals surface area contributed by atoms with Crippen molar-refractivity contribution in [2.75, 3.05) is 80.1 Å². The minimum absolute atomic E-state index is 0.0891. The molecule has 5 amide bonds. The number of piperidine rings is 3. The number of halogens is 1. The highest BCUT2D eigenvalue weighted by molar-refractivity contribution is 6.33. The van der Waals surface area contributed by atoms with Crippen molar-refractivity contribution in [2.24, 2.45) is 11.3 Å². The number of rotatable bonds is 7. The second-order valence-electron chi connectivity index (χ2n) is 17.5. The first-order valence-electron chi connectivity index (χ1n) is 21.4. The molecule has 6 aliphatic heterocycles. The number of anilines is 3. The van der Waals surface area contributed by atoms with Gasteiger partial charge in [-0.3, -0.25) is 39.1 Å². The third-order valence-electron chi connectivity index (χ3n) is 14.4. The minimum Gasteiger partial charge on any atom is -0.371 e. The summed E-state index contributed by atoms with van der Waals surface area (Å²) < 4.78 is 0. The molecular formula is C46H51ClN8O5. The highest BCUT2D eigenvalue weighted by Crippen LogP contribution is 2.48. The molecule has 60 heavy (non-hydrogen) atoms. The van der Waals surface area contributed by atoms with Crippen molar-refractivity contribution in [2.45, 2.75) is 64.0 Å². The summed E-state index contributed by atoms with van der Waals surface area (Å²) in [6.07, 6.45) is 5.60. The van der Waals surface area contributed by atoms with E-state index in [-0.39, 0.29) is 24.2 Å². The maximum Gasteiger partial charge on any atom is 0.262 e. The van der Waals surface area contributed by atoms with Crippen molar-refractivity contribution in [3.63, 3.8) is 0 Å². The number of imide groups is 2. The lowest BCUT2D eigenvalue weighted by Gasteiger charge is -2.44. The fourth-order valence-corrected chi connectivity index (χ4v) is 10.8. The van der Waals surface area contributed by atoms with Gasteiger partial charge in [-0.1, -0.05) is 17.7 Å². The van der Waals surface area contributed by atoms with Crippen LogP contribution in [0.4, 0.5) is 22.7 Å². The molecule has 6 aliphatic rings. The van der Waals surface area contributed by atoms with E-state index < -0.39 is 29.7 Å². The lowest BCUT2D eigenvalue weighted by molar-refractivity contribution is -0.136. The number of fused-ring (bicyclic) bond motifs is 1. The Kier molecular flexibility index (Phi) is 10.8. The minimum atomic E-state index is -0.972. The summed E-state index contributed by atoms with van der Waals surface area (Å²) in [6, 6.07) is 18.7. The van der Waals surface area contributed by atoms with E-state index in [9.17, 15) is 24.0 Å². The van der Waals surface area contributed by atoms with Crippen LogP contribution in [-0.4, -0.2) is 122 Å². The maximum atomic E-state index is 13.6. The molecule has 0 radical (unpaired) electrons. The van der Waals surface area contributed by atoms with Gasteiger partial charge in [-0.2, -0.15) is 0 Å². The summed E-state index contributed by atoms with van der Waals surface area (Å²) in [5.74, 6) is -1.35. The SMILES string of the molecule is [C-]#[N+]c1ccc(N2CCC3(CCN(c4ccc(C(=O)N5CCN(CC6CCN(c7ccc8c(c7)C(=O)N(C7CCC(=O)NC7=O)C8=O)CC6)CC5)cc4)CC3)C2C)cc1Cl. The van der Waals surface area contributed by atoms with Crippen LogP contribution in [-0.2, 0) is 9.59 Å². The van der Waals surface area contributed by atoms with E-state index in [1.54, 1.807) is 12.1 Å². The zero-order chi connectivity index (χ0) is 41.7. The molecule has 13 nitrogen and oxygen atoms in total. The molecule has 3 aromatic rings. The fourth-order valence-electron chi connectivity index (χ4n) is 10.6. The summed E-state index contributed by atoms with van der Waals surface area (Å²) in [4.78, 5) is 80.3. The molecular weight excluding hydrogens is 780 g/mol. The van der Waals surface area contributed by atoms with Gasteiger partial charge in [0.25, 0.3) is 17.7 Å². The topological polar surface area (TPSA) is 121 Å². The van der Waals surface area contributed by atoms with E-state index in [1.165, 1.54) is 0 Å². The average Bonchev–Trinajstić information content (AvgIpc) is 3.71. The summed E-state index contributed by atoms with van der Waals surface area (Å²) in [6.45, 7) is 18.4. The van der Waals surface area contributed by atoms with Gasteiger partial charge in [0.2, 0.25) is 17.5 Å². The van der Waals surface area contributed by atoms with Crippen molar-refractivity contribution in [1.82, 2.24) is 20.0 Å². The number of amides is 5. The molecule has 1 spiro atoms. The molecule has 14 heteroatoms. The van der Waals surface area contributed by atoms with Crippen LogP contribution in [0.2, 0.25) is 5.02 Å². The lowest BCUT2D eigenvalue weighted by atomic mass is 9.73. The Bertz CT molecular complexity index is 2250. The van der Waals surface area contributed by atoms with E-state index >= 15 is 0 Å². The largest absolute Gasteiger partial charge is 0.371 e. The van der Waals surface area contributed by atoms with Gasteiger partial charge < -0.3 is 19.6 Å². The van der Waals surface area contributed by atoms with Crippen LogP contribution in [0.1, 0.15) is 82.9 Å². The first kappa shape index (κ1) is 40.0. The predicted molar refractivity (Wildman–Crippen MR) is 230 cm³/mol. The van der Waals surface area contributed by atoms with E-state index in [0.717, 1.165) is 112 Å². The predicted octanol–water partition coefficient (Wildman–Crippen LogP) is 5.85. The first-order valence-corrected chi connectivity index (χ1v) is 21.8. The third-order valence-corrected chi connectivity index (χ3v) is 14.7. The standard InChI is InChI=1S/C46H51ClN8O5/c1-30-46(17-22-54(30)35-8-10-39(48-2)38(47)28-35)15-20-52(21-16-46)33-5-3-32(4-6-33)43(58)53-25-23-50(24-26-53)29-31-13-18-51(19-14-31)34-7-9-36-37(27-34)45(60)55(44(36)59)40-11-12-41(56)49-42(40)57/h3-10,27-28,30-31,40H,11-26,29H2,1H3,(H,49,56,57). The van der Waals surface area contributed by atoms with E-state index in [1.807, 2.05) is 41.3 Å². The Hall–Kier alpha value is -5.45. The molecule has 0 saturated carbocycles. The van der Waals surface area contributed by atoms with Crippen LogP contribution in [0.15, 0.2) is 60.7 Å². The Balaban J connectivity index is 0.718. The van der Waals surface area contributed by atoms with Crippen LogP contribution in [0.5, 0.6) is 0 Å². The van der Waals surface area contributed by atoms with Crippen molar-refractivity contribution >= 4 is 63.9 Å². The fraction of sp³-hybridized carbons (Fsp3) is 0.478. The average molecular weight is 831 g/mol. The Morgan fingerprint density at radius 3 is 2.10 bits per heavy atom. The van der Waals surface area contributed by atoms with Crippen LogP contribution in [0.3, 0.4) is 0 Å². The van der Waals surface area contributed by atoms with Crippen molar-refractivity contribution in [1.29, 1.82) is 0 Å². The van der Waals surface area contributed by atoms with Crippen LogP contribution >= 0.6 is 11.6 Å². The van der Waals surface area contributed by atoms with Gasteiger partial charge in [0.05, 0.1) is 17.7 Å². The van der Waals surface area contributed by atoms with E-state index in [4.69, 9.17) is 18.2 Å². The van der Waals surface area contributed by atoms with Crippen LogP contribution < -0.4 is 20.0 Å². The Labute approximate surface area is 356 Å². The Morgan fingerprint density at radius 2 is 1.42 bits per heavy atom. The first-order chi connectivity index (χ1) is 29.0. The van der Waals surface area contributed by atoms with Gasteiger partial charge in [0.15, 0.2) is 0 Å². The molecule has 0 bridgehead atoms. The summed E-state index contributed by atoms with van der Waals surface area (Å²) in [5, 5.41) is 2.76. The van der Waals surface area contributed by atoms with Gasteiger partial charge in [-0.25, -0.2) is 4.85 Å². The number of hydrogen-bond donors (Lipinski definition) is 1. The number of benzene rings is 3. The molecule has 0 aromatic heterocycles. The number of nitrogens with zero attached hydrogens (tertiary/aromatic N) is 7. The van der Waals surface area contributed by atoms with Gasteiger partial charge in [-0.05, 0) is 111 Å². The molecule has 0 aliphatic carbocycles. The lowest BCUT2D eigenvalue weighted by Crippen LogP contribution is -2.54. The second-order valence-corrected chi connectivity index (χ2v) is 17.9. The Morgan fingerprint density at radius 1 is 0.767 bits per heavy atom. The second kappa shape index (κ2) is 16.2. The maximum absolute atomic E-state index is 13.6. The molecule has 5 saturated heterocycles. The quantitative estimate of drug-likeness (QED) is 0.231. The number of carbonyl (C=O) groups excluding carboxylic acids is 5. The van der Waals surface area contributed by atoms with Crippen molar-refractivity contribution in [3.8, 4) is 0 Å². The highest BCUT2D eigenvalue weighted by atomic mass is 35.5. The monoisotopic (exact) mass is 830 g/mol. The molecule has 9 rings (SSSR count). The van der Waals surface area contributed by atoms with E-state index in [0.29, 0.717) is 46.9 Å². The number of hydrogen-bond acceptors (Lipinski definition) is 9. The van der Waals surface area contributed by atoms with Crippen molar-refractivity contribution < 1.29 is 24.0 Å². The molecule has 2 unspecified atom stereocenters. The zero-order valence-electron chi connectivity index (χ0n) is 34.1. The van der Waals surface area contributed by atoms with Crippen LogP contribution in [0, 0.1) is 17.9 Å². The zero-order valence-corrected chi connectivity index (χ0v) is 34.8. The number of piperazine rings is 1. The summed E-state index contributed by atoms with van der Waals surface area (Å²) >= 11 is 6.39. The molecule has 2 atom stereocenters. The highest BCUT2D eigenvalue weighted by Gasteiger charge is 2.47. The summed E-state index contributed by atoms with van der Waals surface area (Å²) in [5.41, 5.74) is 5.23. The summed E-state index contributed by atoms with van der Waals surface area (Å²) in [7, 11) is 0. The van der Waals surface area contributed by atoms with E-state index in [2.05, 4.69) is 48.8 Å². The number of carbonyl (C=O) groups is 5. The molecule has 5 fully saturated rings. The molecule has 312 valence electrons. The van der Waals surface area contributed by atoms with Gasteiger partial charge in [0.1, 0.15) is 6.04 Å². The van der Waals surface area contributed by atoms with Crippen LogP contribution in [0.25, 0.3) is 4.85 Å². The third kappa shape index (κ3) is 7.38. The van der Waals surface area contributed by atoms with Gasteiger partial charge >= 0.3 is 0 Å². The molecule has 1 N–H and O–H groups in total.